The third-order valence-electron chi connectivity index (χ3n) is 4.88. The van der Waals surface area contributed by atoms with Gasteiger partial charge in [-0.15, -0.1) is 0 Å². The number of anilines is 1. The van der Waals surface area contributed by atoms with Crippen LogP contribution in [-0.2, 0) is 17.8 Å². The van der Waals surface area contributed by atoms with Crippen molar-refractivity contribution >= 4 is 23.2 Å². The fourth-order valence-electron chi connectivity index (χ4n) is 3.36. The summed E-state index contributed by atoms with van der Waals surface area (Å²) in [5.74, 6) is 0.180. The quantitative estimate of drug-likeness (QED) is 0.664. The van der Waals surface area contributed by atoms with Crippen molar-refractivity contribution in [3.8, 4) is 11.4 Å². The van der Waals surface area contributed by atoms with Gasteiger partial charge in [-0.3, -0.25) is 14.2 Å². The zero-order chi connectivity index (χ0) is 21.1. The number of halogens is 1. The van der Waals surface area contributed by atoms with Gasteiger partial charge in [0, 0.05) is 27.5 Å². The first-order valence-electron chi connectivity index (χ1n) is 9.53. The van der Waals surface area contributed by atoms with E-state index in [2.05, 4.69) is 10.3 Å². The van der Waals surface area contributed by atoms with E-state index >= 15 is 0 Å². The molecule has 0 aliphatic rings. The number of benzene rings is 2. The number of amides is 1. The first kappa shape index (κ1) is 20.8. The minimum atomic E-state index is -0.276. The molecule has 0 saturated carbocycles. The standard InChI is InChI=1S/C23H24ClN3O2/c1-5-19-16(4)25-22(17-7-9-18(24)10-8-17)27(23(19)29)13-21(28)26-20-11-6-14(2)12-15(20)3/h6-12H,5,13H2,1-4H3,(H,26,28). The number of rotatable bonds is 5. The van der Waals surface area contributed by atoms with Crippen LogP contribution < -0.4 is 10.9 Å². The van der Waals surface area contributed by atoms with Crippen LogP contribution in [0.15, 0.2) is 47.3 Å². The van der Waals surface area contributed by atoms with Crippen LogP contribution in [0.3, 0.4) is 0 Å². The highest BCUT2D eigenvalue weighted by Gasteiger charge is 2.17. The molecule has 0 spiro atoms. The van der Waals surface area contributed by atoms with Gasteiger partial charge in [0.05, 0.1) is 0 Å². The normalized spacial score (nSPS) is 10.8. The SMILES string of the molecule is CCc1c(C)nc(-c2ccc(Cl)cc2)n(CC(=O)Nc2ccc(C)cc2C)c1=O. The van der Waals surface area contributed by atoms with Crippen molar-refractivity contribution < 1.29 is 4.79 Å². The van der Waals surface area contributed by atoms with Gasteiger partial charge in [-0.2, -0.15) is 0 Å². The molecule has 0 bridgehead atoms. The number of hydrogen-bond acceptors (Lipinski definition) is 3. The molecule has 0 radical (unpaired) electrons. The first-order valence-corrected chi connectivity index (χ1v) is 9.91. The predicted octanol–water partition coefficient (Wildman–Crippen LogP) is 4.69. The number of carbonyl (C=O) groups is 1. The number of nitrogens with one attached hydrogen (secondary N) is 1. The fraction of sp³-hybridized carbons (Fsp3) is 0.261. The summed E-state index contributed by atoms with van der Waals surface area (Å²) in [7, 11) is 0. The Morgan fingerprint density at radius 2 is 1.79 bits per heavy atom. The lowest BCUT2D eigenvalue weighted by Crippen LogP contribution is -2.32. The second-order valence-electron chi connectivity index (χ2n) is 7.12. The van der Waals surface area contributed by atoms with Crippen LogP contribution >= 0.6 is 11.6 Å². The van der Waals surface area contributed by atoms with Crippen LogP contribution in [0, 0.1) is 20.8 Å². The van der Waals surface area contributed by atoms with Gasteiger partial charge >= 0.3 is 0 Å². The Morgan fingerprint density at radius 1 is 1.10 bits per heavy atom. The second-order valence-corrected chi connectivity index (χ2v) is 7.55. The first-order chi connectivity index (χ1) is 13.8. The molecule has 3 aromatic rings. The lowest BCUT2D eigenvalue weighted by molar-refractivity contribution is -0.116. The van der Waals surface area contributed by atoms with Crippen molar-refractivity contribution in [2.75, 3.05) is 5.32 Å². The zero-order valence-corrected chi connectivity index (χ0v) is 17.8. The van der Waals surface area contributed by atoms with Gasteiger partial charge in [-0.1, -0.05) is 36.2 Å². The summed E-state index contributed by atoms with van der Waals surface area (Å²) >= 11 is 6.00. The number of hydrogen-bond donors (Lipinski definition) is 1. The maximum Gasteiger partial charge on any atom is 0.257 e. The van der Waals surface area contributed by atoms with E-state index in [1.807, 2.05) is 45.9 Å². The third-order valence-corrected chi connectivity index (χ3v) is 5.13. The molecule has 0 fully saturated rings. The molecule has 1 aromatic heterocycles. The van der Waals surface area contributed by atoms with E-state index in [4.69, 9.17) is 11.6 Å². The lowest BCUT2D eigenvalue weighted by atomic mass is 10.1. The Morgan fingerprint density at radius 3 is 2.41 bits per heavy atom. The average Bonchev–Trinajstić information content (AvgIpc) is 2.67. The summed E-state index contributed by atoms with van der Waals surface area (Å²) in [6.07, 6.45) is 0.553. The number of nitrogens with zero attached hydrogens (tertiary/aromatic N) is 2. The maximum atomic E-state index is 13.1. The molecule has 1 amide bonds. The van der Waals surface area contributed by atoms with Gasteiger partial charge in [0.25, 0.3) is 5.56 Å². The fourth-order valence-corrected chi connectivity index (χ4v) is 3.49. The minimum Gasteiger partial charge on any atom is -0.324 e. The highest BCUT2D eigenvalue weighted by Crippen LogP contribution is 2.21. The van der Waals surface area contributed by atoms with Crippen molar-refractivity contribution in [1.82, 2.24) is 9.55 Å². The number of aromatic nitrogens is 2. The summed E-state index contributed by atoms with van der Waals surface area (Å²) in [5, 5.41) is 3.50. The van der Waals surface area contributed by atoms with E-state index in [0.29, 0.717) is 28.5 Å². The highest BCUT2D eigenvalue weighted by atomic mass is 35.5. The molecular weight excluding hydrogens is 386 g/mol. The van der Waals surface area contributed by atoms with E-state index in [-0.39, 0.29) is 18.0 Å². The van der Waals surface area contributed by atoms with Gasteiger partial charge in [0.2, 0.25) is 5.91 Å². The maximum absolute atomic E-state index is 13.1. The summed E-state index contributed by atoms with van der Waals surface area (Å²) in [6, 6.07) is 12.9. The monoisotopic (exact) mass is 409 g/mol. The Hall–Kier alpha value is -2.92. The lowest BCUT2D eigenvalue weighted by Gasteiger charge is -2.16. The van der Waals surface area contributed by atoms with Crippen molar-refractivity contribution in [3.05, 3.63) is 80.2 Å². The molecule has 6 heteroatoms. The second kappa shape index (κ2) is 8.62. The Labute approximate surface area is 175 Å². The molecule has 1 N–H and O–H groups in total. The molecule has 0 aliphatic carbocycles. The van der Waals surface area contributed by atoms with Crippen LogP contribution in [0.2, 0.25) is 5.02 Å². The van der Waals surface area contributed by atoms with Crippen LogP contribution in [0.5, 0.6) is 0 Å². The summed E-state index contributed by atoms with van der Waals surface area (Å²) in [4.78, 5) is 30.5. The summed E-state index contributed by atoms with van der Waals surface area (Å²) in [5.41, 5.74) is 4.65. The van der Waals surface area contributed by atoms with E-state index in [0.717, 1.165) is 22.4 Å². The van der Waals surface area contributed by atoms with Crippen LogP contribution in [-0.4, -0.2) is 15.5 Å². The van der Waals surface area contributed by atoms with Gasteiger partial charge in [0.15, 0.2) is 0 Å². The molecule has 3 rings (SSSR count). The van der Waals surface area contributed by atoms with Crippen molar-refractivity contribution in [3.63, 3.8) is 0 Å². The smallest absolute Gasteiger partial charge is 0.257 e. The topological polar surface area (TPSA) is 64.0 Å². The molecule has 150 valence electrons. The molecule has 0 saturated heterocycles. The number of carbonyl (C=O) groups excluding carboxylic acids is 1. The van der Waals surface area contributed by atoms with Crippen molar-refractivity contribution in [2.24, 2.45) is 0 Å². The largest absolute Gasteiger partial charge is 0.324 e. The molecule has 0 atom stereocenters. The van der Waals surface area contributed by atoms with Crippen LogP contribution in [0.1, 0.15) is 29.3 Å². The van der Waals surface area contributed by atoms with E-state index in [1.54, 1.807) is 24.3 Å². The molecule has 1 heterocycles. The molecule has 2 aromatic carbocycles. The predicted molar refractivity (Wildman–Crippen MR) is 118 cm³/mol. The third kappa shape index (κ3) is 4.57. The van der Waals surface area contributed by atoms with E-state index < -0.39 is 0 Å². The average molecular weight is 410 g/mol. The van der Waals surface area contributed by atoms with Crippen LogP contribution in [0.25, 0.3) is 11.4 Å². The number of aryl methyl sites for hydroxylation is 3. The molecule has 0 unspecified atom stereocenters. The van der Waals surface area contributed by atoms with Gasteiger partial charge in [0.1, 0.15) is 12.4 Å². The van der Waals surface area contributed by atoms with Gasteiger partial charge < -0.3 is 5.32 Å². The molecule has 29 heavy (non-hydrogen) atoms. The van der Waals surface area contributed by atoms with Crippen molar-refractivity contribution in [2.45, 2.75) is 40.7 Å². The van der Waals surface area contributed by atoms with E-state index in [9.17, 15) is 9.59 Å². The van der Waals surface area contributed by atoms with E-state index in [1.165, 1.54) is 4.57 Å². The van der Waals surface area contributed by atoms with Gasteiger partial charge in [-0.05, 0) is 63.1 Å². The van der Waals surface area contributed by atoms with Crippen LogP contribution in [0.4, 0.5) is 5.69 Å². The molecule has 0 aliphatic heterocycles. The molecular formula is C23H24ClN3O2. The Balaban J connectivity index is 2.01. The summed E-state index contributed by atoms with van der Waals surface area (Å²) in [6.45, 7) is 7.55. The summed E-state index contributed by atoms with van der Waals surface area (Å²) < 4.78 is 1.44. The minimum absolute atomic E-state index is 0.121. The van der Waals surface area contributed by atoms with Crippen molar-refractivity contribution in [1.29, 1.82) is 0 Å². The zero-order valence-electron chi connectivity index (χ0n) is 17.0. The Bertz CT molecular complexity index is 1120. The highest BCUT2D eigenvalue weighted by molar-refractivity contribution is 6.30. The Kier molecular flexibility index (Phi) is 6.18. The molecule has 5 nitrogen and oxygen atoms in total. The van der Waals surface area contributed by atoms with Gasteiger partial charge in [-0.25, -0.2) is 4.98 Å².